The fourth-order valence-electron chi connectivity index (χ4n) is 7.41. The Morgan fingerprint density at radius 3 is 0.950 bits per heavy atom. The quantitative estimate of drug-likeness (QED) is 0.0263. The minimum atomic E-state index is -0.771. The van der Waals surface area contributed by atoms with Gasteiger partial charge in [-0.1, -0.05) is 211 Å². The van der Waals surface area contributed by atoms with Gasteiger partial charge >= 0.3 is 17.9 Å². The molecule has 6 heteroatoms. The van der Waals surface area contributed by atoms with Gasteiger partial charge in [0.05, 0.1) is 0 Å². The minimum Gasteiger partial charge on any atom is -0.462 e. The van der Waals surface area contributed by atoms with E-state index < -0.39 is 6.10 Å². The summed E-state index contributed by atoms with van der Waals surface area (Å²) in [7, 11) is 0. The summed E-state index contributed by atoms with van der Waals surface area (Å²) < 4.78 is 16.7. The summed E-state index contributed by atoms with van der Waals surface area (Å²) in [6.07, 6.45) is 57.3. The van der Waals surface area contributed by atoms with Gasteiger partial charge in [0.1, 0.15) is 13.2 Å². The zero-order valence-corrected chi connectivity index (χ0v) is 40.0. The lowest BCUT2D eigenvalue weighted by Crippen LogP contribution is -2.30. The Morgan fingerprint density at radius 1 is 0.333 bits per heavy atom. The third-order valence-corrected chi connectivity index (χ3v) is 11.4. The van der Waals surface area contributed by atoms with Crippen molar-refractivity contribution in [1.82, 2.24) is 0 Å². The van der Waals surface area contributed by atoms with E-state index in [0.29, 0.717) is 19.3 Å². The molecule has 0 aliphatic carbocycles. The molecule has 1 unspecified atom stereocenters. The zero-order valence-electron chi connectivity index (χ0n) is 40.0. The van der Waals surface area contributed by atoms with Crippen LogP contribution < -0.4 is 0 Å². The fourth-order valence-corrected chi connectivity index (χ4v) is 7.41. The average molecular weight is 843 g/mol. The highest BCUT2D eigenvalue weighted by atomic mass is 16.6. The van der Waals surface area contributed by atoms with Gasteiger partial charge in [0, 0.05) is 19.3 Å². The Kier molecular flexibility index (Phi) is 47.3. The Morgan fingerprint density at radius 2 is 0.600 bits per heavy atom. The number of ether oxygens (including phenoxy) is 3. The molecule has 0 fully saturated rings. The molecule has 0 aromatic carbocycles. The monoisotopic (exact) mass is 843 g/mol. The van der Waals surface area contributed by atoms with Crippen LogP contribution in [-0.2, 0) is 28.6 Å². The molecule has 0 aliphatic heterocycles. The lowest BCUT2D eigenvalue weighted by molar-refractivity contribution is -0.167. The summed E-state index contributed by atoms with van der Waals surface area (Å²) in [6.45, 7) is 6.54. The molecule has 0 heterocycles. The first-order valence-electron chi connectivity index (χ1n) is 26.0. The van der Waals surface area contributed by atoms with E-state index in [4.69, 9.17) is 14.2 Å². The maximum absolute atomic E-state index is 12.7. The number of carbonyl (C=O) groups is 3. The van der Waals surface area contributed by atoms with Crippen molar-refractivity contribution in [1.29, 1.82) is 0 Å². The Hall–Kier alpha value is -2.37. The molecular weight excluding hydrogens is 745 g/mol. The number of hydrogen-bond acceptors (Lipinski definition) is 6. The van der Waals surface area contributed by atoms with Crippen molar-refractivity contribution >= 4 is 17.9 Å². The first-order valence-corrected chi connectivity index (χ1v) is 26.0. The van der Waals surface area contributed by atoms with Crippen LogP contribution in [0.5, 0.6) is 0 Å². The molecule has 60 heavy (non-hydrogen) atoms. The molecule has 0 spiro atoms. The second kappa shape index (κ2) is 49.3. The van der Waals surface area contributed by atoms with Gasteiger partial charge in [-0.05, 0) is 77.0 Å². The zero-order chi connectivity index (χ0) is 43.7. The van der Waals surface area contributed by atoms with Gasteiger partial charge in [-0.2, -0.15) is 0 Å². The predicted molar refractivity (Wildman–Crippen MR) is 256 cm³/mol. The van der Waals surface area contributed by atoms with Gasteiger partial charge in [0.25, 0.3) is 0 Å². The van der Waals surface area contributed by atoms with Crippen molar-refractivity contribution in [2.24, 2.45) is 0 Å². The highest BCUT2D eigenvalue weighted by Crippen LogP contribution is 2.15. The number of hydrogen-bond donors (Lipinski definition) is 0. The average Bonchev–Trinajstić information content (AvgIpc) is 3.24. The molecule has 350 valence electrons. The van der Waals surface area contributed by atoms with Crippen LogP contribution in [0, 0.1) is 0 Å². The van der Waals surface area contributed by atoms with Gasteiger partial charge in [0.2, 0.25) is 0 Å². The topological polar surface area (TPSA) is 78.9 Å². The molecule has 0 radical (unpaired) electrons. The van der Waals surface area contributed by atoms with E-state index in [0.717, 1.165) is 77.0 Å². The molecule has 0 saturated carbocycles. The molecule has 6 nitrogen and oxygen atoms in total. The van der Waals surface area contributed by atoms with E-state index in [1.165, 1.54) is 154 Å². The second-order valence-electron chi connectivity index (χ2n) is 17.4. The molecule has 0 bridgehead atoms. The molecular formula is C54H98O6. The van der Waals surface area contributed by atoms with Gasteiger partial charge in [-0.25, -0.2) is 0 Å². The number of allylic oxidation sites excluding steroid dienone is 6. The van der Waals surface area contributed by atoms with E-state index in [9.17, 15) is 14.4 Å². The van der Waals surface area contributed by atoms with E-state index in [1.54, 1.807) is 0 Å². The van der Waals surface area contributed by atoms with Crippen LogP contribution in [0.2, 0.25) is 0 Å². The van der Waals surface area contributed by atoms with Gasteiger partial charge < -0.3 is 14.2 Å². The Labute approximate surface area is 372 Å². The number of carbonyl (C=O) groups excluding carboxylic acids is 3. The SMILES string of the molecule is CCCCCC/C=C\C/C=C\CCCCCCCCCC(=O)OC(COC(=O)CCCCCCC)COC(=O)CCCCCCCCCCC/C=C\CCCCCCCC. The van der Waals surface area contributed by atoms with Crippen molar-refractivity contribution in [3.05, 3.63) is 36.5 Å². The summed E-state index contributed by atoms with van der Waals surface area (Å²) in [4.78, 5) is 37.7. The summed E-state index contributed by atoms with van der Waals surface area (Å²) in [5, 5.41) is 0. The highest BCUT2D eigenvalue weighted by Gasteiger charge is 2.19. The molecule has 0 aliphatic rings. The standard InChI is InChI=1S/C54H98O6/c1-4-7-10-13-15-17-19-21-23-25-27-29-30-32-34-36-38-41-44-47-53(56)59-50-51(49-58-52(55)46-43-40-12-9-6-3)60-54(57)48-45-42-39-37-35-33-31-28-26-24-22-20-18-16-14-11-8-5-2/h18,20-21,23-24,26,51H,4-17,19,22,25,27-50H2,1-3H3/b20-18-,23-21-,26-24-. The fraction of sp³-hybridized carbons (Fsp3) is 0.833. The largest absolute Gasteiger partial charge is 0.462 e. The van der Waals surface area contributed by atoms with Crippen LogP contribution in [0.4, 0.5) is 0 Å². The molecule has 0 aromatic rings. The Balaban J connectivity index is 4.15. The molecule has 0 saturated heterocycles. The van der Waals surface area contributed by atoms with E-state index in [-0.39, 0.29) is 31.1 Å². The highest BCUT2D eigenvalue weighted by molar-refractivity contribution is 5.71. The van der Waals surface area contributed by atoms with E-state index in [2.05, 4.69) is 57.2 Å². The number of rotatable bonds is 47. The predicted octanol–water partition coefficient (Wildman–Crippen LogP) is 16.9. The van der Waals surface area contributed by atoms with E-state index in [1.807, 2.05) is 0 Å². The van der Waals surface area contributed by atoms with Crippen LogP contribution in [0.1, 0.15) is 271 Å². The third kappa shape index (κ3) is 46.7. The van der Waals surface area contributed by atoms with Crippen molar-refractivity contribution < 1.29 is 28.6 Å². The summed E-state index contributed by atoms with van der Waals surface area (Å²) >= 11 is 0. The smallest absolute Gasteiger partial charge is 0.306 e. The molecule has 0 aromatic heterocycles. The minimum absolute atomic E-state index is 0.0751. The molecule has 0 rings (SSSR count). The molecule has 0 amide bonds. The summed E-state index contributed by atoms with van der Waals surface area (Å²) in [5.41, 5.74) is 0. The van der Waals surface area contributed by atoms with Crippen LogP contribution in [0.25, 0.3) is 0 Å². The second-order valence-corrected chi connectivity index (χ2v) is 17.4. The summed E-state index contributed by atoms with van der Waals surface area (Å²) in [5.74, 6) is -0.891. The van der Waals surface area contributed by atoms with Gasteiger partial charge in [-0.3, -0.25) is 14.4 Å². The van der Waals surface area contributed by atoms with Crippen molar-refractivity contribution in [2.75, 3.05) is 13.2 Å². The lowest BCUT2D eigenvalue weighted by atomic mass is 10.1. The lowest BCUT2D eigenvalue weighted by Gasteiger charge is -2.18. The molecule has 0 N–H and O–H groups in total. The van der Waals surface area contributed by atoms with Crippen molar-refractivity contribution in [3.63, 3.8) is 0 Å². The van der Waals surface area contributed by atoms with Crippen LogP contribution in [0.3, 0.4) is 0 Å². The first-order chi connectivity index (χ1) is 29.5. The van der Waals surface area contributed by atoms with Gasteiger partial charge in [-0.15, -0.1) is 0 Å². The maximum atomic E-state index is 12.7. The normalized spacial score (nSPS) is 12.2. The number of unbranched alkanes of at least 4 members (excludes halogenated alkanes) is 30. The maximum Gasteiger partial charge on any atom is 0.306 e. The Bertz CT molecular complexity index is 1020. The van der Waals surface area contributed by atoms with Crippen molar-refractivity contribution in [2.45, 2.75) is 277 Å². The summed E-state index contributed by atoms with van der Waals surface area (Å²) in [6, 6.07) is 0. The van der Waals surface area contributed by atoms with Crippen LogP contribution >= 0.6 is 0 Å². The van der Waals surface area contributed by atoms with E-state index >= 15 is 0 Å². The number of esters is 3. The van der Waals surface area contributed by atoms with Crippen LogP contribution in [0.15, 0.2) is 36.5 Å². The van der Waals surface area contributed by atoms with Gasteiger partial charge in [0.15, 0.2) is 6.10 Å². The van der Waals surface area contributed by atoms with Crippen molar-refractivity contribution in [3.8, 4) is 0 Å². The van der Waals surface area contributed by atoms with Crippen LogP contribution in [-0.4, -0.2) is 37.2 Å². The first kappa shape index (κ1) is 57.6. The molecule has 1 atom stereocenters. The third-order valence-electron chi connectivity index (χ3n) is 11.4.